The molecule has 1 aromatic heterocycles. The zero-order chi connectivity index (χ0) is 18.0. The van der Waals surface area contributed by atoms with E-state index in [-0.39, 0.29) is 18.2 Å². The molecule has 132 valence electrons. The molecule has 0 saturated carbocycles. The molecule has 25 heavy (non-hydrogen) atoms. The number of thioether (sulfide) groups is 2. The average Bonchev–Trinajstić information content (AvgIpc) is 3.21. The Morgan fingerprint density at radius 2 is 1.80 bits per heavy atom. The Morgan fingerprint density at radius 1 is 1.16 bits per heavy atom. The molecule has 0 aliphatic carbocycles. The van der Waals surface area contributed by atoms with Crippen LogP contribution in [0, 0.1) is 13.8 Å². The predicted octanol–water partition coefficient (Wildman–Crippen LogP) is 4.57. The molecule has 0 spiro atoms. The highest BCUT2D eigenvalue weighted by molar-refractivity contribution is 8.19. The number of rotatable bonds is 6. The third-order valence-electron chi connectivity index (χ3n) is 4.21. The van der Waals surface area contributed by atoms with E-state index in [1.807, 2.05) is 35.7 Å². The Morgan fingerprint density at radius 3 is 2.36 bits per heavy atom. The van der Waals surface area contributed by atoms with Crippen molar-refractivity contribution in [2.45, 2.75) is 25.4 Å². The van der Waals surface area contributed by atoms with Crippen molar-refractivity contribution in [1.82, 2.24) is 4.98 Å². The second-order valence-corrected chi connectivity index (χ2v) is 8.76. The van der Waals surface area contributed by atoms with E-state index >= 15 is 0 Å². The number of hydrogen-bond acceptors (Lipinski definition) is 5. The number of ketones is 2. The number of nitrogens with one attached hydrogen (secondary N) is 1. The molecule has 0 atom stereocenters. The molecule has 2 heterocycles. The van der Waals surface area contributed by atoms with Crippen LogP contribution in [0.3, 0.4) is 0 Å². The van der Waals surface area contributed by atoms with Gasteiger partial charge in [0, 0.05) is 22.8 Å². The number of aryl methyl sites for hydroxylation is 1. The van der Waals surface area contributed by atoms with Gasteiger partial charge in [-0.05, 0) is 44.0 Å². The topological polar surface area (TPSA) is 59.2 Å². The Labute approximate surface area is 156 Å². The van der Waals surface area contributed by atoms with Gasteiger partial charge in [0.1, 0.15) is 5.75 Å². The smallest absolute Gasteiger partial charge is 0.216 e. The fourth-order valence-electron chi connectivity index (χ4n) is 3.05. The standard InChI is InChI=1S/C19H21NO3S2/c1-11-17(13(3)21)12(2)20-18(11)16(22)10-23-15-6-4-14(5-7-15)19-24-8-9-25-19/h4-7,19-20H,8-10H2,1-3H3. The van der Waals surface area contributed by atoms with Gasteiger partial charge in [-0.1, -0.05) is 12.1 Å². The number of benzene rings is 1. The summed E-state index contributed by atoms with van der Waals surface area (Å²) in [7, 11) is 0. The minimum atomic E-state index is -0.154. The van der Waals surface area contributed by atoms with E-state index in [2.05, 4.69) is 17.1 Å². The number of ether oxygens (including phenoxy) is 1. The van der Waals surface area contributed by atoms with Crippen molar-refractivity contribution in [2.24, 2.45) is 0 Å². The van der Waals surface area contributed by atoms with E-state index in [1.165, 1.54) is 24.0 Å². The summed E-state index contributed by atoms with van der Waals surface area (Å²) in [5.74, 6) is 2.87. The van der Waals surface area contributed by atoms with Gasteiger partial charge in [0.05, 0.1) is 10.3 Å². The maximum Gasteiger partial charge on any atom is 0.216 e. The lowest BCUT2D eigenvalue weighted by atomic mass is 10.1. The van der Waals surface area contributed by atoms with Gasteiger partial charge >= 0.3 is 0 Å². The Kier molecular flexibility index (Phi) is 5.59. The second-order valence-electron chi connectivity index (χ2n) is 6.04. The van der Waals surface area contributed by atoms with E-state index in [9.17, 15) is 9.59 Å². The summed E-state index contributed by atoms with van der Waals surface area (Å²) in [4.78, 5) is 27.1. The molecule has 0 unspecified atom stereocenters. The molecule has 1 aliphatic heterocycles. The molecule has 6 heteroatoms. The Hall–Kier alpha value is -1.66. The van der Waals surface area contributed by atoms with Gasteiger partial charge in [0.25, 0.3) is 0 Å². The van der Waals surface area contributed by atoms with Crippen molar-refractivity contribution in [3.8, 4) is 5.75 Å². The molecular weight excluding hydrogens is 354 g/mol. The van der Waals surface area contributed by atoms with Crippen LogP contribution in [0.4, 0.5) is 0 Å². The first-order valence-electron chi connectivity index (χ1n) is 8.16. The summed E-state index contributed by atoms with van der Waals surface area (Å²) < 4.78 is 6.14. The van der Waals surface area contributed by atoms with Crippen molar-refractivity contribution in [2.75, 3.05) is 18.1 Å². The summed E-state index contributed by atoms with van der Waals surface area (Å²) in [5.41, 5.74) is 3.76. The Balaban J connectivity index is 1.64. The number of hydrogen-bond donors (Lipinski definition) is 1. The van der Waals surface area contributed by atoms with Gasteiger partial charge < -0.3 is 9.72 Å². The number of aromatic amines is 1. The quantitative estimate of drug-likeness (QED) is 0.749. The first kappa shape index (κ1) is 18.1. The van der Waals surface area contributed by atoms with E-state index in [4.69, 9.17) is 4.74 Å². The first-order valence-corrected chi connectivity index (χ1v) is 10.3. The van der Waals surface area contributed by atoms with Gasteiger partial charge in [-0.15, -0.1) is 23.5 Å². The SMILES string of the molecule is CC(=O)c1c(C)[nH]c(C(=O)COc2ccc(C3SCCS3)cc2)c1C. The van der Waals surface area contributed by atoms with Gasteiger partial charge in [-0.3, -0.25) is 9.59 Å². The minimum absolute atomic E-state index is 0.0375. The molecule has 0 bridgehead atoms. The zero-order valence-corrected chi connectivity index (χ0v) is 16.2. The average molecular weight is 376 g/mol. The minimum Gasteiger partial charge on any atom is -0.485 e. The monoisotopic (exact) mass is 375 g/mol. The molecular formula is C19H21NO3S2. The van der Waals surface area contributed by atoms with Crippen LogP contribution in [0.25, 0.3) is 0 Å². The maximum absolute atomic E-state index is 12.4. The van der Waals surface area contributed by atoms with E-state index in [1.54, 1.807) is 13.8 Å². The van der Waals surface area contributed by atoms with Gasteiger partial charge in [0.15, 0.2) is 12.4 Å². The maximum atomic E-state index is 12.4. The van der Waals surface area contributed by atoms with Crippen molar-refractivity contribution in [1.29, 1.82) is 0 Å². The fourth-order valence-corrected chi connectivity index (χ4v) is 5.91. The summed E-state index contributed by atoms with van der Waals surface area (Å²) in [6, 6.07) is 7.95. The molecule has 2 aromatic rings. The summed E-state index contributed by atoms with van der Waals surface area (Å²) in [6.45, 7) is 5.05. The summed E-state index contributed by atoms with van der Waals surface area (Å²) in [6.07, 6.45) is 0. The van der Waals surface area contributed by atoms with Crippen molar-refractivity contribution >= 4 is 35.1 Å². The first-order chi connectivity index (χ1) is 12.0. The summed E-state index contributed by atoms with van der Waals surface area (Å²) in [5, 5.41) is 0. The second kappa shape index (κ2) is 7.70. The van der Waals surface area contributed by atoms with Crippen molar-refractivity contribution in [3.63, 3.8) is 0 Å². The van der Waals surface area contributed by atoms with Crippen LogP contribution >= 0.6 is 23.5 Å². The van der Waals surface area contributed by atoms with Crippen LogP contribution in [-0.4, -0.2) is 34.7 Å². The number of Topliss-reactive ketones (excluding diaryl/α,β-unsaturated/α-hetero) is 2. The zero-order valence-electron chi connectivity index (χ0n) is 14.5. The lowest BCUT2D eigenvalue weighted by molar-refractivity contribution is 0.0916. The molecule has 0 amide bonds. The van der Waals surface area contributed by atoms with E-state index < -0.39 is 0 Å². The number of aromatic nitrogens is 1. The predicted molar refractivity (Wildman–Crippen MR) is 104 cm³/mol. The van der Waals surface area contributed by atoms with Gasteiger partial charge in [-0.2, -0.15) is 0 Å². The fraction of sp³-hybridized carbons (Fsp3) is 0.368. The molecule has 4 nitrogen and oxygen atoms in total. The molecule has 1 fully saturated rings. The highest BCUT2D eigenvalue weighted by Crippen LogP contribution is 2.45. The lowest BCUT2D eigenvalue weighted by Gasteiger charge is -2.10. The van der Waals surface area contributed by atoms with Crippen molar-refractivity contribution in [3.05, 3.63) is 52.3 Å². The van der Waals surface area contributed by atoms with Gasteiger partial charge in [-0.25, -0.2) is 0 Å². The molecule has 1 saturated heterocycles. The molecule has 1 aliphatic rings. The normalized spacial score (nSPS) is 14.7. The van der Waals surface area contributed by atoms with E-state index in [0.29, 0.717) is 27.2 Å². The molecule has 3 rings (SSSR count). The van der Waals surface area contributed by atoms with Crippen LogP contribution in [0.1, 0.15) is 49.2 Å². The number of H-pyrrole nitrogens is 1. The van der Waals surface area contributed by atoms with E-state index in [0.717, 1.165) is 5.69 Å². The molecule has 1 aromatic carbocycles. The van der Waals surface area contributed by atoms with Crippen LogP contribution in [-0.2, 0) is 0 Å². The molecule has 1 N–H and O–H groups in total. The lowest BCUT2D eigenvalue weighted by Crippen LogP contribution is -2.13. The van der Waals surface area contributed by atoms with Crippen LogP contribution < -0.4 is 4.74 Å². The molecule has 0 radical (unpaired) electrons. The third-order valence-corrected chi connectivity index (χ3v) is 7.32. The largest absolute Gasteiger partial charge is 0.485 e. The van der Waals surface area contributed by atoms with Gasteiger partial charge in [0.2, 0.25) is 5.78 Å². The number of carbonyl (C=O) groups excluding carboxylic acids is 2. The van der Waals surface area contributed by atoms with Crippen LogP contribution in [0.15, 0.2) is 24.3 Å². The highest BCUT2D eigenvalue weighted by Gasteiger charge is 2.20. The van der Waals surface area contributed by atoms with Crippen LogP contribution in [0.2, 0.25) is 0 Å². The number of carbonyl (C=O) groups is 2. The van der Waals surface area contributed by atoms with Crippen molar-refractivity contribution < 1.29 is 14.3 Å². The Bertz CT molecular complexity index is 790. The summed E-state index contributed by atoms with van der Waals surface area (Å²) >= 11 is 3.92. The third kappa shape index (κ3) is 3.96. The van der Waals surface area contributed by atoms with Crippen LogP contribution in [0.5, 0.6) is 5.75 Å². The highest BCUT2D eigenvalue weighted by atomic mass is 32.2.